The Morgan fingerprint density at radius 1 is 1.12 bits per heavy atom. The first-order valence-electron chi connectivity index (χ1n) is 10.7. The number of carbonyl (C=O) groups excluding carboxylic acids is 1. The van der Waals surface area contributed by atoms with E-state index in [1.165, 1.54) is 12.3 Å². The predicted molar refractivity (Wildman–Crippen MR) is 109 cm³/mol. The standard InChI is InChI=1S/C23H24F4N2O3/c24-18-8-7-15(23(25,26)27)10-16(18)17-9-14(11-28-22(17)32-12-13-5-6-13)21(31)29-19-3-1-2-4-20(19)30/h7-11,13,19-20,30H,1-6,12H2,(H,29,31). The molecule has 2 fully saturated rings. The molecule has 2 atom stereocenters. The number of pyridine rings is 1. The largest absolute Gasteiger partial charge is 0.477 e. The van der Waals surface area contributed by atoms with E-state index in [1.807, 2.05) is 0 Å². The van der Waals surface area contributed by atoms with E-state index in [1.54, 1.807) is 0 Å². The molecule has 2 saturated carbocycles. The van der Waals surface area contributed by atoms with Gasteiger partial charge in [0.1, 0.15) is 5.82 Å². The molecule has 2 unspecified atom stereocenters. The van der Waals surface area contributed by atoms with Crippen LogP contribution in [0.4, 0.5) is 17.6 Å². The molecule has 4 rings (SSSR count). The van der Waals surface area contributed by atoms with E-state index in [0.29, 0.717) is 37.5 Å². The SMILES string of the molecule is O=C(NC1CCCCC1O)c1cnc(OCC2CC2)c(-c2cc(C(F)(F)F)ccc2F)c1. The zero-order valence-electron chi connectivity index (χ0n) is 17.3. The maximum absolute atomic E-state index is 14.6. The van der Waals surface area contributed by atoms with Crippen LogP contribution >= 0.6 is 0 Å². The van der Waals surface area contributed by atoms with Crippen molar-refractivity contribution in [2.75, 3.05) is 6.61 Å². The van der Waals surface area contributed by atoms with Crippen molar-refractivity contribution in [2.45, 2.75) is 56.8 Å². The summed E-state index contributed by atoms with van der Waals surface area (Å²) in [6, 6.07) is 2.98. The number of aliphatic hydroxyl groups is 1. The maximum Gasteiger partial charge on any atom is 0.416 e. The molecule has 0 saturated heterocycles. The third-order valence-corrected chi connectivity index (χ3v) is 5.90. The Kier molecular flexibility index (Phi) is 6.37. The lowest BCUT2D eigenvalue weighted by Gasteiger charge is -2.28. The molecule has 1 aromatic heterocycles. The van der Waals surface area contributed by atoms with Crippen LogP contribution in [0.3, 0.4) is 0 Å². The summed E-state index contributed by atoms with van der Waals surface area (Å²) in [6.07, 6.45) is 0.849. The molecule has 2 N–H and O–H groups in total. The van der Waals surface area contributed by atoms with E-state index in [2.05, 4.69) is 10.3 Å². The quantitative estimate of drug-likeness (QED) is 0.622. The highest BCUT2D eigenvalue weighted by Gasteiger charge is 2.32. The number of hydrogen-bond acceptors (Lipinski definition) is 4. The fourth-order valence-electron chi connectivity index (χ4n) is 3.81. The second-order valence-electron chi connectivity index (χ2n) is 8.46. The molecule has 9 heteroatoms. The number of nitrogens with one attached hydrogen (secondary N) is 1. The first-order chi connectivity index (χ1) is 15.2. The number of halogens is 4. The van der Waals surface area contributed by atoms with Crippen molar-refractivity contribution in [1.82, 2.24) is 10.3 Å². The molecule has 0 bridgehead atoms. The van der Waals surface area contributed by atoms with Crippen LogP contribution in [0.2, 0.25) is 0 Å². The monoisotopic (exact) mass is 452 g/mol. The van der Waals surface area contributed by atoms with Gasteiger partial charge in [-0.15, -0.1) is 0 Å². The number of alkyl halides is 3. The minimum absolute atomic E-state index is 0.0221. The van der Waals surface area contributed by atoms with E-state index in [0.717, 1.165) is 31.7 Å². The molecule has 32 heavy (non-hydrogen) atoms. The van der Waals surface area contributed by atoms with Crippen molar-refractivity contribution < 1.29 is 32.2 Å². The average Bonchev–Trinajstić information content (AvgIpc) is 3.58. The topological polar surface area (TPSA) is 71.5 Å². The Hall–Kier alpha value is -2.68. The number of aromatic nitrogens is 1. The summed E-state index contributed by atoms with van der Waals surface area (Å²) in [5, 5.41) is 12.9. The molecule has 2 aromatic rings. The van der Waals surface area contributed by atoms with Gasteiger partial charge in [0.25, 0.3) is 5.91 Å². The number of benzene rings is 1. The van der Waals surface area contributed by atoms with Crippen molar-refractivity contribution in [3.8, 4) is 17.0 Å². The minimum Gasteiger partial charge on any atom is -0.477 e. The van der Waals surface area contributed by atoms with Crippen LogP contribution in [0.25, 0.3) is 11.1 Å². The summed E-state index contributed by atoms with van der Waals surface area (Å²) in [7, 11) is 0. The van der Waals surface area contributed by atoms with Gasteiger partial charge in [-0.25, -0.2) is 9.37 Å². The van der Waals surface area contributed by atoms with E-state index in [-0.39, 0.29) is 22.6 Å². The van der Waals surface area contributed by atoms with Gasteiger partial charge in [0.15, 0.2) is 0 Å². The molecule has 1 aromatic carbocycles. The number of ether oxygens (including phenoxy) is 1. The summed E-state index contributed by atoms with van der Waals surface area (Å²) < 4.78 is 60.0. The lowest BCUT2D eigenvalue weighted by Crippen LogP contribution is -2.45. The highest BCUT2D eigenvalue weighted by Crippen LogP contribution is 2.38. The summed E-state index contributed by atoms with van der Waals surface area (Å²) in [6.45, 7) is 0.320. The van der Waals surface area contributed by atoms with Crippen LogP contribution < -0.4 is 10.1 Å². The summed E-state index contributed by atoms with van der Waals surface area (Å²) >= 11 is 0. The molecule has 2 aliphatic carbocycles. The zero-order chi connectivity index (χ0) is 22.9. The van der Waals surface area contributed by atoms with Crippen molar-refractivity contribution in [3.05, 3.63) is 47.4 Å². The summed E-state index contributed by atoms with van der Waals surface area (Å²) in [4.78, 5) is 16.9. The van der Waals surface area contributed by atoms with Crippen molar-refractivity contribution in [3.63, 3.8) is 0 Å². The van der Waals surface area contributed by atoms with Crippen LogP contribution in [0.15, 0.2) is 30.5 Å². The lowest BCUT2D eigenvalue weighted by atomic mass is 9.92. The highest BCUT2D eigenvalue weighted by molar-refractivity contribution is 5.95. The minimum atomic E-state index is -4.66. The molecule has 0 aliphatic heterocycles. The smallest absolute Gasteiger partial charge is 0.416 e. The number of aliphatic hydroxyl groups excluding tert-OH is 1. The molecule has 0 spiro atoms. The van der Waals surface area contributed by atoms with Crippen LogP contribution in [0, 0.1) is 11.7 Å². The van der Waals surface area contributed by atoms with Gasteiger partial charge in [0, 0.05) is 17.3 Å². The van der Waals surface area contributed by atoms with Crippen LogP contribution in [-0.4, -0.2) is 34.8 Å². The van der Waals surface area contributed by atoms with Gasteiger partial charge >= 0.3 is 6.18 Å². The molecule has 2 aliphatic rings. The van der Waals surface area contributed by atoms with Gasteiger partial charge in [-0.2, -0.15) is 13.2 Å². The van der Waals surface area contributed by atoms with Crippen LogP contribution in [0.1, 0.15) is 54.4 Å². The zero-order valence-corrected chi connectivity index (χ0v) is 17.3. The normalized spacial score (nSPS) is 21.3. The average molecular weight is 452 g/mol. The second-order valence-corrected chi connectivity index (χ2v) is 8.46. The Bertz CT molecular complexity index is 992. The predicted octanol–water partition coefficient (Wildman–Crippen LogP) is 4.73. The van der Waals surface area contributed by atoms with E-state index >= 15 is 0 Å². The lowest BCUT2D eigenvalue weighted by molar-refractivity contribution is -0.137. The summed E-state index contributed by atoms with van der Waals surface area (Å²) in [5.41, 5.74) is -1.33. The van der Waals surface area contributed by atoms with Gasteiger partial charge < -0.3 is 15.2 Å². The Morgan fingerprint density at radius 3 is 2.56 bits per heavy atom. The third-order valence-electron chi connectivity index (χ3n) is 5.90. The Labute approximate surface area is 182 Å². The fraction of sp³-hybridized carbons (Fsp3) is 0.478. The second kappa shape index (κ2) is 9.05. The van der Waals surface area contributed by atoms with E-state index in [9.17, 15) is 27.5 Å². The molecular weight excluding hydrogens is 428 g/mol. The molecule has 5 nitrogen and oxygen atoms in total. The first kappa shape index (κ1) is 22.5. The van der Waals surface area contributed by atoms with E-state index < -0.39 is 35.6 Å². The highest BCUT2D eigenvalue weighted by atomic mass is 19.4. The molecule has 0 radical (unpaired) electrons. The van der Waals surface area contributed by atoms with Crippen molar-refractivity contribution in [1.29, 1.82) is 0 Å². The molecule has 172 valence electrons. The van der Waals surface area contributed by atoms with Gasteiger partial charge in [-0.1, -0.05) is 12.8 Å². The van der Waals surface area contributed by atoms with Crippen molar-refractivity contribution >= 4 is 5.91 Å². The number of rotatable bonds is 6. The third kappa shape index (κ3) is 5.20. The van der Waals surface area contributed by atoms with Gasteiger partial charge in [-0.05, 0) is 55.9 Å². The van der Waals surface area contributed by atoms with Gasteiger partial charge in [-0.3, -0.25) is 4.79 Å². The molecular formula is C23H24F4N2O3. The Balaban J connectivity index is 1.68. The first-order valence-corrected chi connectivity index (χ1v) is 10.7. The number of carbonyl (C=O) groups is 1. The molecule has 1 amide bonds. The summed E-state index contributed by atoms with van der Waals surface area (Å²) in [5.74, 6) is -1.10. The van der Waals surface area contributed by atoms with Crippen molar-refractivity contribution in [2.24, 2.45) is 5.92 Å². The number of hydrogen-bond donors (Lipinski definition) is 2. The van der Waals surface area contributed by atoms with Gasteiger partial charge in [0.2, 0.25) is 5.88 Å². The van der Waals surface area contributed by atoms with Crippen LogP contribution in [-0.2, 0) is 6.18 Å². The Morgan fingerprint density at radius 2 is 1.88 bits per heavy atom. The number of amides is 1. The fourth-order valence-corrected chi connectivity index (χ4v) is 3.81. The van der Waals surface area contributed by atoms with Gasteiger partial charge in [0.05, 0.1) is 29.9 Å². The van der Waals surface area contributed by atoms with E-state index in [4.69, 9.17) is 4.74 Å². The number of nitrogens with zero attached hydrogens (tertiary/aromatic N) is 1. The van der Waals surface area contributed by atoms with Crippen LogP contribution in [0.5, 0.6) is 5.88 Å². The molecule has 1 heterocycles. The maximum atomic E-state index is 14.6.